The molecule has 0 aromatic heterocycles. The second kappa shape index (κ2) is 12.1. The minimum absolute atomic E-state index is 0.148. The summed E-state index contributed by atoms with van der Waals surface area (Å²) in [5.74, 6) is 0. The van der Waals surface area contributed by atoms with Crippen molar-refractivity contribution in [1.29, 1.82) is 0 Å². The molecule has 0 aliphatic rings. The van der Waals surface area contributed by atoms with E-state index >= 15 is 0 Å². The molecule has 0 saturated carbocycles. The van der Waals surface area contributed by atoms with E-state index in [0.29, 0.717) is 11.4 Å². The number of hydrogen-bond donors (Lipinski definition) is 6. The van der Waals surface area contributed by atoms with Gasteiger partial charge in [0.15, 0.2) is 10.2 Å². The fourth-order valence-corrected chi connectivity index (χ4v) is 5.64. The first-order valence-corrected chi connectivity index (χ1v) is 15.1. The third-order valence-corrected chi connectivity index (χ3v) is 7.58. The number of rotatable bonds is 7. The highest BCUT2D eigenvalue weighted by molar-refractivity contribution is 7.86. The molecular formula is C26H22N4O6S4. The van der Waals surface area contributed by atoms with Crippen LogP contribution in [0.15, 0.2) is 107 Å². The highest BCUT2D eigenvalue weighted by Crippen LogP contribution is 2.35. The lowest BCUT2D eigenvalue weighted by molar-refractivity contribution is 0.480. The van der Waals surface area contributed by atoms with E-state index in [1.165, 1.54) is 24.3 Å². The van der Waals surface area contributed by atoms with Gasteiger partial charge in [0.05, 0.1) is 0 Å². The molecule has 0 aliphatic heterocycles. The summed E-state index contributed by atoms with van der Waals surface area (Å²) in [5.41, 5.74) is 1.45. The predicted molar refractivity (Wildman–Crippen MR) is 164 cm³/mol. The average Bonchev–Trinajstić information content (AvgIpc) is 2.89. The van der Waals surface area contributed by atoms with E-state index < -0.39 is 30.0 Å². The summed E-state index contributed by atoms with van der Waals surface area (Å²) in [5, 5.41) is 11.8. The van der Waals surface area contributed by atoms with E-state index in [9.17, 15) is 25.9 Å². The summed E-state index contributed by atoms with van der Waals surface area (Å²) in [4.78, 5) is -1.21. The fraction of sp³-hybridized carbons (Fsp3) is 0. The van der Waals surface area contributed by atoms with Crippen LogP contribution in [0.25, 0.3) is 11.1 Å². The molecule has 10 nitrogen and oxygen atoms in total. The standard InChI is InChI=1S/C26H22N4O6S4/c31-39(32,33)23-15-19(29-25(37)27-17-7-3-1-4-8-17)11-13-21(23)22-14-12-20(16-24(22)40(34,35)36)30-26(38)28-18-9-5-2-6-10-18/h1-16H,(H2,27,29,37)(H2,28,30,38)(H,31,32,33)(H,34,35,36). The van der Waals surface area contributed by atoms with Crippen molar-refractivity contribution in [1.82, 2.24) is 0 Å². The number of para-hydroxylation sites is 2. The minimum Gasteiger partial charge on any atom is -0.332 e. The van der Waals surface area contributed by atoms with Crippen molar-refractivity contribution in [2.75, 3.05) is 21.3 Å². The Morgan fingerprint density at radius 3 is 1.15 bits per heavy atom. The number of anilines is 4. The van der Waals surface area contributed by atoms with E-state index in [0.717, 1.165) is 12.1 Å². The van der Waals surface area contributed by atoms with Crippen molar-refractivity contribution in [3.63, 3.8) is 0 Å². The van der Waals surface area contributed by atoms with Crippen LogP contribution in [-0.2, 0) is 20.2 Å². The predicted octanol–water partition coefficient (Wildman–Crippen LogP) is 5.46. The Balaban J connectivity index is 1.66. The molecule has 14 heteroatoms. The van der Waals surface area contributed by atoms with Crippen LogP contribution in [-0.4, -0.2) is 36.2 Å². The summed E-state index contributed by atoms with van der Waals surface area (Å²) in [6, 6.07) is 25.7. The summed E-state index contributed by atoms with van der Waals surface area (Å²) >= 11 is 10.5. The zero-order valence-corrected chi connectivity index (χ0v) is 23.7. The second-order valence-electron chi connectivity index (χ2n) is 8.26. The molecule has 206 valence electrons. The molecule has 6 N–H and O–H groups in total. The van der Waals surface area contributed by atoms with Gasteiger partial charge in [0.1, 0.15) is 9.79 Å². The molecule has 0 bridgehead atoms. The molecule has 4 aromatic rings. The van der Waals surface area contributed by atoms with Gasteiger partial charge >= 0.3 is 0 Å². The second-order valence-corrected chi connectivity index (χ2v) is 11.9. The number of hydrogen-bond acceptors (Lipinski definition) is 6. The maximum atomic E-state index is 12.3. The van der Waals surface area contributed by atoms with Gasteiger partial charge in [-0.3, -0.25) is 9.11 Å². The third kappa shape index (κ3) is 7.59. The average molecular weight is 615 g/mol. The molecule has 4 aromatic carbocycles. The van der Waals surface area contributed by atoms with Crippen LogP contribution in [0.1, 0.15) is 0 Å². The molecule has 4 rings (SSSR count). The lowest BCUT2D eigenvalue weighted by Crippen LogP contribution is -2.19. The SMILES string of the molecule is O=S(=O)(O)c1cc(NC(=S)Nc2ccccc2)ccc1-c1ccc(NC(=S)Nc2ccccc2)cc1S(=O)(=O)O. The van der Waals surface area contributed by atoms with Crippen LogP contribution >= 0.6 is 24.4 Å². The van der Waals surface area contributed by atoms with Gasteiger partial charge in [-0.2, -0.15) is 16.8 Å². The Labute approximate surface area is 242 Å². The monoisotopic (exact) mass is 614 g/mol. The van der Waals surface area contributed by atoms with Crippen molar-refractivity contribution in [2.45, 2.75) is 9.79 Å². The molecule has 0 fully saturated rings. The normalized spacial score (nSPS) is 11.3. The topological polar surface area (TPSA) is 157 Å². The largest absolute Gasteiger partial charge is 0.332 e. The molecular weight excluding hydrogens is 593 g/mol. The number of thiocarbonyl (C=S) groups is 2. The Morgan fingerprint density at radius 2 is 0.825 bits per heavy atom. The van der Waals surface area contributed by atoms with Crippen molar-refractivity contribution < 1.29 is 25.9 Å². The Hall–Kier alpha value is -3.92. The number of benzene rings is 4. The fourth-order valence-electron chi connectivity index (χ4n) is 3.70. The Bertz CT molecular complexity index is 1650. The Morgan fingerprint density at radius 1 is 0.500 bits per heavy atom. The summed E-state index contributed by atoms with van der Waals surface area (Å²) in [7, 11) is -9.70. The lowest BCUT2D eigenvalue weighted by atomic mass is 10.0. The maximum Gasteiger partial charge on any atom is 0.295 e. The Kier molecular flexibility index (Phi) is 8.78. The summed E-state index contributed by atoms with van der Waals surface area (Å²) in [6.45, 7) is 0. The van der Waals surface area contributed by atoms with Gasteiger partial charge in [0.2, 0.25) is 0 Å². The van der Waals surface area contributed by atoms with Gasteiger partial charge in [-0.05, 0) is 73.0 Å². The van der Waals surface area contributed by atoms with Crippen molar-refractivity contribution in [2.24, 2.45) is 0 Å². The van der Waals surface area contributed by atoms with Gasteiger partial charge < -0.3 is 21.3 Å². The first-order valence-electron chi connectivity index (χ1n) is 11.4. The van der Waals surface area contributed by atoms with Crippen LogP contribution < -0.4 is 21.3 Å². The van der Waals surface area contributed by atoms with Crippen LogP contribution in [0, 0.1) is 0 Å². The first kappa shape index (κ1) is 29.1. The van der Waals surface area contributed by atoms with E-state index in [-0.39, 0.29) is 32.7 Å². The van der Waals surface area contributed by atoms with Gasteiger partial charge in [-0.1, -0.05) is 48.5 Å². The smallest absolute Gasteiger partial charge is 0.295 e. The van der Waals surface area contributed by atoms with Crippen LogP contribution in [0.4, 0.5) is 22.7 Å². The highest BCUT2D eigenvalue weighted by atomic mass is 32.2. The molecule has 0 spiro atoms. The van der Waals surface area contributed by atoms with Crippen LogP contribution in [0.3, 0.4) is 0 Å². The minimum atomic E-state index is -4.85. The zero-order valence-electron chi connectivity index (χ0n) is 20.4. The summed E-state index contributed by atoms with van der Waals surface area (Å²) in [6.07, 6.45) is 0. The lowest BCUT2D eigenvalue weighted by Gasteiger charge is -2.16. The maximum absolute atomic E-state index is 12.3. The molecule has 0 amide bonds. The quantitative estimate of drug-likeness (QED) is 0.115. The third-order valence-electron chi connectivity index (χ3n) is 5.39. The molecule has 0 aliphatic carbocycles. The van der Waals surface area contributed by atoms with E-state index in [4.69, 9.17) is 24.4 Å². The molecule has 0 saturated heterocycles. The van der Waals surface area contributed by atoms with Crippen molar-refractivity contribution in [3.05, 3.63) is 97.1 Å². The van der Waals surface area contributed by atoms with Crippen molar-refractivity contribution >= 4 is 77.6 Å². The molecule has 0 atom stereocenters. The van der Waals surface area contributed by atoms with E-state index in [2.05, 4.69) is 21.3 Å². The number of nitrogens with one attached hydrogen (secondary N) is 4. The first-order chi connectivity index (χ1) is 18.9. The summed E-state index contributed by atoms with van der Waals surface area (Å²) < 4.78 is 69.3. The molecule has 40 heavy (non-hydrogen) atoms. The van der Waals surface area contributed by atoms with Gasteiger partial charge in [0, 0.05) is 33.9 Å². The van der Waals surface area contributed by atoms with Gasteiger partial charge in [0.25, 0.3) is 20.2 Å². The van der Waals surface area contributed by atoms with Gasteiger partial charge in [-0.15, -0.1) is 0 Å². The van der Waals surface area contributed by atoms with E-state index in [1.807, 2.05) is 12.1 Å². The molecule has 0 radical (unpaired) electrons. The highest BCUT2D eigenvalue weighted by Gasteiger charge is 2.24. The van der Waals surface area contributed by atoms with Crippen molar-refractivity contribution in [3.8, 4) is 11.1 Å². The molecule has 0 heterocycles. The van der Waals surface area contributed by atoms with E-state index in [1.54, 1.807) is 48.5 Å². The van der Waals surface area contributed by atoms with Crippen LogP contribution in [0.5, 0.6) is 0 Å². The van der Waals surface area contributed by atoms with Crippen LogP contribution in [0.2, 0.25) is 0 Å². The zero-order chi connectivity index (χ0) is 28.9. The van der Waals surface area contributed by atoms with Gasteiger partial charge in [-0.25, -0.2) is 0 Å². The molecule has 0 unspecified atom stereocenters.